The molecule has 134 valence electrons. The summed E-state index contributed by atoms with van der Waals surface area (Å²) in [5, 5.41) is 10.00. The van der Waals surface area contributed by atoms with E-state index in [1.54, 1.807) is 30.3 Å². The highest BCUT2D eigenvalue weighted by molar-refractivity contribution is 7.09. The number of nitrogens with one attached hydrogen (secondary N) is 2. The van der Waals surface area contributed by atoms with Gasteiger partial charge in [0.15, 0.2) is 5.96 Å². The van der Waals surface area contributed by atoms with Crippen LogP contribution in [0.3, 0.4) is 0 Å². The molecule has 0 bridgehead atoms. The Bertz CT molecular complexity index is 523. The number of guanidine groups is 1. The van der Waals surface area contributed by atoms with Crippen molar-refractivity contribution in [1.82, 2.24) is 20.5 Å². The highest BCUT2D eigenvalue weighted by Crippen LogP contribution is 2.18. The number of likely N-dealkylation sites (N-methyl/N-ethyl adjacent to an activating group) is 1. The standard InChI is InChI=1S/C17H29N5OS/c1-13(16-18-9-10-24-16)11-19-17(20-12-15(23)22(2)3)21-14-7-5-4-6-8-14/h9-10,13-14H,4-8,11-12H2,1-3H3,(H2,19,20,21). The average molecular weight is 352 g/mol. The third-order valence-electron chi connectivity index (χ3n) is 4.27. The fourth-order valence-corrected chi connectivity index (χ4v) is 3.39. The fraction of sp³-hybridized carbons (Fsp3) is 0.706. The maximum atomic E-state index is 11.8. The van der Waals surface area contributed by atoms with Crippen LogP contribution in [0.15, 0.2) is 16.6 Å². The third kappa shape index (κ3) is 6.11. The van der Waals surface area contributed by atoms with E-state index in [4.69, 9.17) is 0 Å². The predicted octanol–water partition coefficient (Wildman–Crippen LogP) is 2.20. The summed E-state index contributed by atoms with van der Waals surface area (Å²) in [6.07, 6.45) is 8.02. The van der Waals surface area contributed by atoms with Crippen LogP contribution in [-0.4, -0.2) is 55.0 Å². The topological polar surface area (TPSA) is 69.6 Å². The van der Waals surface area contributed by atoms with Gasteiger partial charge in [-0.15, -0.1) is 11.3 Å². The van der Waals surface area contributed by atoms with Crippen LogP contribution < -0.4 is 10.6 Å². The van der Waals surface area contributed by atoms with Crippen molar-refractivity contribution in [2.45, 2.75) is 51.0 Å². The molecule has 7 heteroatoms. The minimum atomic E-state index is 0.00714. The highest BCUT2D eigenvalue weighted by atomic mass is 32.1. The van der Waals surface area contributed by atoms with Crippen LogP contribution in [0, 0.1) is 0 Å². The van der Waals surface area contributed by atoms with Gasteiger partial charge in [0.1, 0.15) is 6.54 Å². The van der Waals surface area contributed by atoms with Gasteiger partial charge in [0.05, 0.1) is 5.01 Å². The largest absolute Gasteiger partial charge is 0.356 e. The van der Waals surface area contributed by atoms with Crippen molar-refractivity contribution in [1.29, 1.82) is 0 Å². The predicted molar refractivity (Wildman–Crippen MR) is 99.5 cm³/mol. The molecule has 1 heterocycles. The zero-order chi connectivity index (χ0) is 17.4. The summed E-state index contributed by atoms with van der Waals surface area (Å²) in [4.78, 5) is 22.2. The van der Waals surface area contributed by atoms with E-state index in [0.717, 1.165) is 17.5 Å². The molecule has 1 aliphatic rings. The monoisotopic (exact) mass is 351 g/mol. The smallest absolute Gasteiger partial charge is 0.243 e. The zero-order valence-corrected chi connectivity index (χ0v) is 15.7. The van der Waals surface area contributed by atoms with Crippen molar-refractivity contribution in [3.63, 3.8) is 0 Å². The molecular weight excluding hydrogens is 322 g/mol. The second-order valence-electron chi connectivity index (χ2n) is 6.58. The lowest BCUT2D eigenvalue weighted by Crippen LogP contribution is -2.45. The lowest BCUT2D eigenvalue weighted by atomic mass is 9.96. The van der Waals surface area contributed by atoms with Crippen LogP contribution in [0.25, 0.3) is 0 Å². The Balaban J connectivity index is 1.92. The van der Waals surface area contributed by atoms with E-state index in [1.807, 2.05) is 11.6 Å². The number of carbonyl (C=O) groups is 1. The van der Waals surface area contributed by atoms with Crippen LogP contribution in [0.1, 0.15) is 50.0 Å². The maximum Gasteiger partial charge on any atom is 0.243 e. The van der Waals surface area contributed by atoms with Crippen LogP contribution in [-0.2, 0) is 4.79 Å². The van der Waals surface area contributed by atoms with Gasteiger partial charge in [0.2, 0.25) is 5.91 Å². The third-order valence-corrected chi connectivity index (χ3v) is 5.27. The van der Waals surface area contributed by atoms with Crippen LogP contribution >= 0.6 is 11.3 Å². The lowest BCUT2D eigenvalue weighted by molar-refractivity contribution is -0.127. The first kappa shape index (κ1) is 18.7. The fourth-order valence-electron chi connectivity index (χ4n) is 2.70. The molecular formula is C17H29N5OS. The van der Waals surface area contributed by atoms with E-state index in [9.17, 15) is 4.79 Å². The van der Waals surface area contributed by atoms with Gasteiger partial charge in [0.25, 0.3) is 0 Å². The Morgan fingerprint density at radius 2 is 2.17 bits per heavy atom. The van der Waals surface area contributed by atoms with Gasteiger partial charge in [-0.2, -0.15) is 0 Å². The van der Waals surface area contributed by atoms with Crippen molar-refractivity contribution in [3.05, 3.63) is 16.6 Å². The summed E-state index contributed by atoms with van der Waals surface area (Å²) < 4.78 is 0. The van der Waals surface area contributed by atoms with Crippen molar-refractivity contribution >= 4 is 23.2 Å². The van der Waals surface area contributed by atoms with Crippen LogP contribution in [0.2, 0.25) is 0 Å². The lowest BCUT2D eigenvalue weighted by Gasteiger charge is -2.25. The zero-order valence-electron chi connectivity index (χ0n) is 14.9. The number of aliphatic imine (C=N–C) groups is 1. The number of hydrogen-bond acceptors (Lipinski definition) is 4. The molecule has 1 saturated carbocycles. The number of rotatable bonds is 6. The molecule has 1 amide bonds. The summed E-state index contributed by atoms with van der Waals surface area (Å²) >= 11 is 1.67. The maximum absolute atomic E-state index is 11.8. The Morgan fingerprint density at radius 3 is 2.79 bits per heavy atom. The number of hydrogen-bond donors (Lipinski definition) is 2. The molecule has 1 unspecified atom stereocenters. The van der Waals surface area contributed by atoms with E-state index in [2.05, 4.69) is 27.5 Å². The average Bonchev–Trinajstić information content (AvgIpc) is 3.12. The van der Waals surface area contributed by atoms with Gasteiger partial charge < -0.3 is 15.5 Å². The second kappa shape index (κ2) is 9.61. The normalized spacial score (nSPS) is 17.4. The summed E-state index contributed by atoms with van der Waals surface area (Å²) in [7, 11) is 3.51. The number of thiazole rings is 1. The Kier molecular flexibility index (Phi) is 7.49. The van der Waals surface area contributed by atoms with Gasteiger partial charge in [-0.25, -0.2) is 9.98 Å². The molecule has 24 heavy (non-hydrogen) atoms. The van der Waals surface area contributed by atoms with Crippen molar-refractivity contribution in [3.8, 4) is 0 Å². The molecule has 1 aromatic rings. The van der Waals surface area contributed by atoms with Crippen molar-refractivity contribution in [2.75, 3.05) is 27.2 Å². The molecule has 0 radical (unpaired) electrons. The first-order chi connectivity index (χ1) is 11.6. The first-order valence-electron chi connectivity index (χ1n) is 8.70. The van der Waals surface area contributed by atoms with Crippen LogP contribution in [0.5, 0.6) is 0 Å². The van der Waals surface area contributed by atoms with E-state index in [-0.39, 0.29) is 12.5 Å². The Hall–Kier alpha value is -1.63. The Labute approximate surface area is 148 Å². The van der Waals surface area contributed by atoms with Crippen LogP contribution in [0.4, 0.5) is 0 Å². The first-order valence-corrected chi connectivity index (χ1v) is 9.58. The number of aromatic nitrogens is 1. The molecule has 1 atom stereocenters. The van der Waals surface area contributed by atoms with Gasteiger partial charge in [0, 0.05) is 44.2 Å². The van der Waals surface area contributed by atoms with Gasteiger partial charge in [-0.05, 0) is 12.8 Å². The van der Waals surface area contributed by atoms with Crippen molar-refractivity contribution in [2.24, 2.45) is 4.99 Å². The van der Waals surface area contributed by atoms with Gasteiger partial charge in [-0.1, -0.05) is 26.2 Å². The molecule has 2 N–H and O–H groups in total. The minimum Gasteiger partial charge on any atom is -0.356 e. The molecule has 0 spiro atoms. The van der Waals surface area contributed by atoms with E-state index < -0.39 is 0 Å². The number of carbonyl (C=O) groups excluding carboxylic acids is 1. The summed E-state index contributed by atoms with van der Waals surface area (Å²) in [5.41, 5.74) is 0. The SMILES string of the molecule is CC(CNC(=NCC(=O)N(C)C)NC1CCCCC1)c1nccs1. The summed E-state index contributed by atoms with van der Waals surface area (Å²) in [6.45, 7) is 3.07. The second-order valence-corrected chi connectivity index (χ2v) is 7.51. The molecule has 1 aliphatic carbocycles. The van der Waals surface area contributed by atoms with Gasteiger partial charge in [-0.3, -0.25) is 4.79 Å². The molecule has 1 aromatic heterocycles. The molecule has 6 nitrogen and oxygen atoms in total. The molecule has 1 fully saturated rings. The Morgan fingerprint density at radius 1 is 1.42 bits per heavy atom. The number of amides is 1. The molecule has 0 aliphatic heterocycles. The van der Waals surface area contributed by atoms with E-state index >= 15 is 0 Å². The number of nitrogens with zero attached hydrogens (tertiary/aromatic N) is 3. The van der Waals surface area contributed by atoms with E-state index in [0.29, 0.717) is 12.0 Å². The summed E-state index contributed by atoms with van der Waals surface area (Å²) in [5.74, 6) is 1.06. The highest BCUT2D eigenvalue weighted by Gasteiger charge is 2.16. The van der Waals surface area contributed by atoms with Gasteiger partial charge >= 0.3 is 0 Å². The van der Waals surface area contributed by atoms with E-state index in [1.165, 1.54) is 32.1 Å². The molecule has 0 saturated heterocycles. The summed E-state index contributed by atoms with van der Waals surface area (Å²) in [6, 6.07) is 0.453. The van der Waals surface area contributed by atoms with Crippen molar-refractivity contribution < 1.29 is 4.79 Å². The molecule has 0 aromatic carbocycles. The quantitative estimate of drug-likeness (QED) is 0.609. The minimum absolute atomic E-state index is 0.00714. The molecule has 2 rings (SSSR count).